The molecule has 2 aliphatic rings. The molecular weight excluding hydrogens is 212 g/mol. The molecule has 0 N–H and O–H groups in total. The number of carbonyl (C=O) groups excluding carboxylic acids is 1. The molecule has 0 aromatic heterocycles. The summed E-state index contributed by atoms with van der Waals surface area (Å²) in [4.78, 5) is 17.2. The lowest BCUT2D eigenvalue weighted by Crippen LogP contribution is -2.46. The standard InChI is InChI=1S/C14H26N2O/c1-15-9-6-10-16(2)13(11-15)14(17)12-7-4-3-5-8-12/h12-13H,3-11H2,1-2H3. The monoisotopic (exact) mass is 238 g/mol. The van der Waals surface area contributed by atoms with Gasteiger partial charge >= 0.3 is 0 Å². The second-order valence-electron chi connectivity index (χ2n) is 5.85. The fourth-order valence-electron chi connectivity index (χ4n) is 3.24. The highest BCUT2D eigenvalue weighted by molar-refractivity contribution is 5.86. The second-order valence-corrected chi connectivity index (χ2v) is 5.85. The van der Waals surface area contributed by atoms with Crippen LogP contribution in [-0.4, -0.2) is 55.4 Å². The summed E-state index contributed by atoms with van der Waals surface area (Å²) in [5, 5.41) is 0. The number of hydrogen-bond donors (Lipinski definition) is 0. The molecule has 1 heterocycles. The first-order valence-corrected chi connectivity index (χ1v) is 7.11. The third kappa shape index (κ3) is 3.29. The number of carbonyl (C=O) groups is 1. The van der Waals surface area contributed by atoms with Crippen LogP contribution in [0.15, 0.2) is 0 Å². The van der Waals surface area contributed by atoms with Gasteiger partial charge in [-0.25, -0.2) is 0 Å². The van der Waals surface area contributed by atoms with Crippen molar-refractivity contribution in [3.63, 3.8) is 0 Å². The summed E-state index contributed by atoms with van der Waals surface area (Å²) in [6.45, 7) is 3.11. The van der Waals surface area contributed by atoms with Crippen LogP contribution in [0, 0.1) is 5.92 Å². The molecule has 0 amide bonds. The quantitative estimate of drug-likeness (QED) is 0.732. The van der Waals surface area contributed by atoms with Crippen molar-refractivity contribution in [2.75, 3.05) is 33.7 Å². The zero-order chi connectivity index (χ0) is 12.3. The number of hydrogen-bond acceptors (Lipinski definition) is 3. The van der Waals surface area contributed by atoms with Crippen LogP contribution in [0.1, 0.15) is 38.5 Å². The van der Waals surface area contributed by atoms with Gasteiger partial charge in [-0.05, 0) is 46.4 Å². The van der Waals surface area contributed by atoms with Crippen LogP contribution in [0.2, 0.25) is 0 Å². The van der Waals surface area contributed by atoms with Gasteiger partial charge in [0.15, 0.2) is 5.78 Å². The summed E-state index contributed by atoms with van der Waals surface area (Å²) in [5.41, 5.74) is 0. The maximum Gasteiger partial charge on any atom is 0.154 e. The van der Waals surface area contributed by atoms with Gasteiger partial charge in [-0.2, -0.15) is 0 Å². The molecule has 1 atom stereocenters. The average molecular weight is 238 g/mol. The van der Waals surface area contributed by atoms with E-state index in [1.54, 1.807) is 0 Å². The van der Waals surface area contributed by atoms with E-state index in [-0.39, 0.29) is 6.04 Å². The Bertz CT molecular complexity index is 261. The van der Waals surface area contributed by atoms with Gasteiger partial charge in [0.25, 0.3) is 0 Å². The summed E-state index contributed by atoms with van der Waals surface area (Å²) in [5.74, 6) is 0.864. The van der Waals surface area contributed by atoms with Crippen LogP contribution in [-0.2, 0) is 4.79 Å². The molecule has 0 radical (unpaired) electrons. The first-order chi connectivity index (χ1) is 8.18. The van der Waals surface area contributed by atoms with Crippen molar-refractivity contribution in [1.29, 1.82) is 0 Å². The van der Waals surface area contributed by atoms with Crippen LogP contribution in [0.4, 0.5) is 0 Å². The number of Topliss-reactive ketones (excluding diaryl/α,β-unsaturated/α-hetero) is 1. The molecule has 1 saturated heterocycles. The Morgan fingerprint density at radius 2 is 1.71 bits per heavy atom. The lowest BCUT2D eigenvalue weighted by Gasteiger charge is -2.31. The first-order valence-electron chi connectivity index (χ1n) is 7.11. The van der Waals surface area contributed by atoms with Crippen LogP contribution in [0.3, 0.4) is 0 Å². The van der Waals surface area contributed by atoms with Crippen LogP contribution in [0.5, 0.6) is 0 Å². The van der Waals surface area contributed by atoms with Crippen LogP contribution < -0.4 is 0 Å². The number of likely N-dealkylation sites (N-methyl/N-ethyl adjacent to an activating group) is 2. The normalized spacial score (nSPS) is 30.1. The molecule has 17 heavy (non-hydrogen) atoms. The molecule has 3 heteroatoms. The smallest absolute Gasteiger partial charge is 0.154 e. The van der Waals surface area contributed by atoms with Gasteiger partial charge in [-0.3, -0.25) is 9.69 Å². The topological polar surface area (TPSA) is 23.6 Å². The van der Waals surface area contributed by atoms with Gasteiger partial charge in [0, 0.05) is 12.5 Å². The molecule has 1 aliphatic heterocycles. The van der Waals surface area contributed by atoms with Gasteiger partial charge in [-0.15, -0.1) is 0 Å². The fraction of sp³-hybridized carbons (Fsp3) is 0.929. The van der Waals surface area contributed by atoms with Crippen molar-refractivity contribution in [2.24, 2.45) is 5.92 Å². The lowest BCUT2D eigenvalue weighted by molar-refractivity contribution is -0.129. The van der Waals surface area contributed by atoms with Gasteiger partial charge in [0.1, 0.15) is 0 Å². The highest BCUT2D eigenvalue weighted by Crippen LogP contribution is 2.26. The van der Waals surface area contributed by atoms with E-state index in [9.17, 15) is 4.79 Å². The molecule has 0 spiro atoms. The highest BCUT2D eigenvalue weighted by Gasteiger charge is 2.32. The number of nitrogens with zero attached hydrogens (tertiary/aromatic N) is 2. The summed E-state index contributed by atoms with van der Waals surface area (Å²) in [6.07, 6.45) is 7.27. The third-order valence-corrected chi connectivity index (χ3v) is 4.40. The Kier molecular flexibility index (Phi) is 4.57. The summed E-state index contributed by atoms with van der Waals surface area (Å²) >= 11 is 0. The van der Waals surface area contributed by atoms with Crippen molar-refractivity contribution >= 4 is 5.78 Å². The van der Waals surface area contributed by atoms with Gasteiger partial charge < -0.3 is 4.90 Å². The maximum absolute atomic E-state index is 12.6. The minimum atomic E-state index is 0.144. The van der Waals surface area contributed by atoms with Crippen molar-refractivity contribution in [3.8, 4) is 0 Å². The van der Waals surface area contributed by atoms with E-state index < -0.39 is 0 Å². The molecule has 0 bridgehead atoms. The molecule has 2 rings (SSSR count). The minimum Gasteiger partial charge on any atom is -0.304 e. The third-order valence-electron chi connectivity index (χ3n) is 4.40. The molecule has 0 aromatic carbocycles. The van der Waals surface area contributed by atoms with Gasteiger partial charge in [0.05, 0.1) is 6.04 Å². The van der Waals surface area contributed by atoms with Crippen molar-refractivity contribution < 1.29 is 4.79 Å². The van der Waals surface area contributed by atoms with Gasteiger partial charge in [-0.1, -0.05) is 19.3 Å². The molecule has 98 valence electrons. The second kappa shape index (κ2) is 5.96. The van der Waals surface area contributed by atoms with E-state index in [0.29, 0.717) is 11.7 Å². The fourth-order valence-corrected chi connectivity index (χ4v) is 3.24. The molecule has 2 fully saturated rings. The average Bonchev–Trinajstić information content (AvgIpc) is 2.51. The SMILES string of the molecule is CN1CCCN(C)C(C(=O)C2CCCCC2)C1. The molecule has 1 unspecified atom stereocenters. The number of rotatable bonds is 2. The Morgan fingerprint density at radius 1 is 1.00 bits per heavy atom. The van der Waals surface area contributed by atoms with Gasteiger partial charge in [0.2, 0.25) is 0 Å². The summed E-state index contributed by atoms with van der Waals surface area (Å²) in [6, 6.07) is 0.144. The Hall–Kier alpha value is -0.410. The molecule has 1 aliphatic carbocycles. The molecule has 0 aromatic rings. The largest absolute Gasteiger partial charge is 0.304 e. The summed E-state index contributed by atoms with van der Waals surface area (Å²) < 4.78 is 0. The van der Waals surface area contributed by atoms with E-state index in [1.165, 1.54) is 25.7 Å². The van der Waals surface area contributed by atoms with E-state index in [0.717, 1.165) is 32.5 Å². The molecular formula is C14H26N2O. The Labute approximate surface area is 105 Å². The first kappa shape index (κ1) is 13.0. The van der Waals surface area contributed by atoms with Crippen molar-refractivity contribution in [1.82, 2.24) is 9.80 Å². The van der Waals surface area contributed by atoms with E-state index >= 15 is 0 Å². The lowest BCUT2D eigenvalue weighted by atomic mass is 9.83. The van der Waals surface area contributed by atoms with E-state index in [1.807, 2.05) is 0 Å². The molecule has 1 saturated carbocycles. The predicted molar refractivity (Wildman–Crippen MR) is 70.1 cm³/mol. The summed E-state index contributed by atoms with van der Waals surface area (Å²) in [7, 11) is 4.25. The van der Waals surface area contributed by atoms with Crippen molar-refractivity contribution in [2.45, 2.75) is 44.6 Å². The van der Waals surface area contributed by atoms with E-state index in [2.05, 4.69) is 23.9 Å². The zero-order valence-corrected chi connectivity index (χ0v) is 11.3. The predicted octanol–water partition coefficient (Wildman–Crippen LogP) is 1.77. The van der Waals surface area contributed by atoms with Crippen LogP contribution >= 0.6 is 0 Å². The number of ketones is 1. The molecule has 3 nitrogen and oxygen atoms in total. The van der Waals surface area contributed by atoms with Crippen LogP contribution in [0.25, 0.3) is 0 Å². The Morgan fingerprint density at radius 3 is 2.41 bits per heavy atom. The maximum atomic E-state index is 12.6. The highest BCUT2D eigenvalue weighted by atomic mass is 16.1. The Balaban J connectivity index is 1.99. The minimum absolute atomic E-state index is 0.144. The van der Waals surface area contributed by atoms with Crippen molar-refractivity contribution in [3.05, 3.63) is 0 Å². The van der Waals surface area contributed by atoms with E-state index in [4.69, 9.17) is 0 Å². The zero-order valence-electron chi connectivity index (χ0n) is 11.3.